The second-order valence-corrected chi connectivity index (χ2v) is 17.0. The third kappa shape index (κ3) is 4.87. The van der Waals surface area contributed by atoms with Crippen molar-refractivity contribution in [2.24, 2.45) is 17.8 Å². The number of nitrogens with zero attached hydrogens (tertiary/aromatic N) is 6. The normalized spacial score (nSPS) is 30.5. The first-order chi connectivity index (χ1) is 24.4. The smallest absolute Gasteiger partial charge is 0.238 e. The monoisotopic (exact) mass is 676 g/mol. The average molecular weight is 677 g/mol. The number of pyridine rings is 1. The molecule has 3 aromatic rings. The number of anilines is 2. The number of hydrogen-bond acceptors (Lipinski definition) is 7. The van der Waals surface area contributed by atoms with Crippen LogP contribution in [0.4, 0.5) is 11.5 Å². The van der Waals surface area contributed by atoms with E-state index in [9.17, 15) is 9.59 Å². The van der Waals surface area contributed by atoms with Crippen LogP contribution in [0.15, 0.2) is 30.6 Å². The van der Waals surface area contributed by atoms with Crippen LogP contribution in [-0.4, -0.2) is 93.5 Å². The van der Waals surface area contributed by atoms with Gasteiger partial charge < -0.3 is 29.9 Å². The van der Waals surface area contributed by atoms with Crippen LogP contribution < -0.4 is 15.5 Å². The molecule has 1 spiro atoms. The third-order valence-electron chi connectivity index (χ3n) is 13.7. The fourth-order valence-electron chi connectivity index (χ4n) is 10.5. The van der Waals surface area contributed by atoms with Gasteiger partial charge in [0.25, 0.3) is 0 Å². The summed E-state index contributed by atoms with van der Waals surface area (Å²) < 4.78 is 2.21. The number of amides is 2. The summed E-state index contributed by atoms with van der Waals surface area (Å²) in [5.74, 6) is 2.65. The molecule has 10 rings (SSSR count). The SMILES string of the molecule is CC(C)n1cnc2cc(-c3ccc4c(c3)N([C@H]3C[C@@H](N5CCCCC5)C3)C(=O)C43CCN(C(=O)[C@@H]4[C@@H]5CNC[C@H]4C5)CC3)nc(NC3CC3)c21. The van der Waals surface area contributed by atoms with E-state index in [1.54, 1.807) is 0 Å². The molecule has 2 aromatic heterocycles. The number of carbonyl (C=O) groups excluding carboxylic acids is 2. The molecule has 10 nitrogen and oxygen atoms in total. The van der Waals surface area contributed by atoms with Crippen LogP contribution in [0.25, 0.3) is 22.3 Å². The van der Waals surface area contributed by atoms with Crippen molar-refractivity contribution >= 4 is 34.4 Å². The van der Waals surface area contributed by atoms with E-state index in [1.807, 2.05) is 6.33 Å². The molecule has 1 aromatic carbocycles. The van der Waals surface area contributed by atoms with Gasteiger partial charge in [-0.2, -0.15) is 0 Å². The van der Waals surface area contributed by atoms with Gasteiger partial charge in [0.15, 0.2) is 5.82 Å². The number of carbonyl (C=O) groups is 2. The van der Waals surface area contributed by atoms with Gasteiger partial charge in [-0.25, -0.2) is 9.97 Å². The molecule has 50 heavy (non-hydrogen) atoms. The van der Waals surface area contributed by atoms with E-state index >= 15 is 0 Å². The molecule has 10 heteroatoms. The Bertz CT molecular complexity index is 1810. The van der Waals surface area contributed by atoms with Gasteiger partial charge in [-0.15, -0.1) is 0 Å². The quantitative estimate of drug-likeness (QED) is 0.349. The molecule has 2 amide bonds. The topological polar surface area (TPSA) is 98.6 Å². The Morgan fingerprint density at radius 2 is 1.72 bits per heavy atom. The maximum atomic E-state index is 14.9. The Kier molecular flexibility index (Phi) is 7.36. The van der Waals surface area contributed by atoms with E-state index < -0.39 is 5.41 Å². The summed E-state index contributed by atoms with van der Waals surface area (Å²) >= 11 is 0. The summed E-state index contributed by atoms with van der Waals surface area (Å²) in [6.07, 6.45) is 12.9. The number of fused-ring (bicyclic) bond motifs is 5. The number of piperidine rings is 4. The van der Waals surface area contributed by atoms with Crippen LogP contribution >= 0.6 is 0 Å². The summed E-state index contributed by atoms with van der Waals surface area (Å²) in [5.41, 5.74) is 5.60. The maximum Gasteiger partial charge on any atom is 0.238 e. The van der Waals surface area contributed by atoms with E-state index in [0.29, 0.717) is 55.8 Å². The van der Waals surface area contributed by atoms with Crippen molar-refractivity contribution in [2.45, 2.75) is 108 Å². The lowest BCUT2D eigenvalue weighted by Gasteiger charge is -2.51. The fourth-order valence-corrected chi connectivity index (χ4v) is 10.5. The summed E-state index contributed by atoms with van der Waals surface area (Å²) in [4.78, 5) is 45.7. The van der Waals surface area contributed by atoms with Crippen molar-refractivity contribution < 1.29 is 9.59 Å². The average Bonchev–Trinajstić information content (AvgIpc) is 3.78. The number of nitrogens with one attached hydrogen (secondary N) is 2. The van der Waals surface area contributed by atoms with E-state index in [4.69, 9.17) is 9.97 Å². The minimum absolute atomic E-state index is 0.175. The molecule has 3 atom stereocenters. The largest absolute Gasteiger partial charge is 0.366 e. The van der Waals surface area contributed by atoms with Crippen molar-refractivity contribution in [3.8, 4) is 11.3 Å². The molecule has 0 radical (unpaired) electrons. The maximum absolute atomic E-state index is 14.9. The number of benzene rings is 1. The lowest BCUT2D eigenvalue weighted by molar-refractivity contribution is -0.150. The number of rotatable bonds is 7. The van der Waals surface area contributed by atoms with Gasteiger partial charge in [0.2, 0.25) is 11.8 Å². The summed E-state index contributed by atoms with van der Waals surface area (Å²) in [6.45, 7) is 10.0. The zero-order chi connectivity index (χ0) is 33.7. The van der Waals surface area contributed by atoms with Crippen molar-refractivity contribution in [3.05, 3.63) is 36.2 Å². The van der Waals surface area contributed by atoms with Crippen molar-refractivity contribution in [2.75, 3.05) is 49.5 Å². The predicted octanol–water partition coefficient (Wildman–Crippen LogP) is 5.33. The molecule has 3 saturated heterocycles. The molecule has 2 bridgehead atoms. The van der Waals surface area contributed by atoms with Gasteiger partial charge in [0.05, 0.1) is 23.0 Å². The van der Waals surface area contributed by atoms with Crippen molar-refractivity contribution in [1.82, 2.24) is 29.7 Å². The fraction of sp³-hybridized carbons (Fsp3) is 0.650. The van der Waals surface area contributed by atoms with E-state index in [1.165, 1.54) is 51.6 Å². The zero-order valence-electron chi connectivity index (χ0n) is 29.7. The first-order valence-corrected chi connectivity index (χ1v) is 19.7. The van der Waals surface area contributed by atoms with E-state index in [0.717, 1.165) is 65.3 Å². The zero-order valence-corrected chi connectivity index (χ0v) is 29.7. The number of imidazole rings is 1. The molecule has 3 saturated carbocycles. The van der Waals surface area contributed by atoms with Crippen molar-refractivity contribution in [1.29, 1.82) is 0 Å². The van der Waals surface area contributed by atoms with Crippen LogP contribution in [0, 0.1) is 17.8 Å². The minimum atomic E-state index is -0.565. The Morgan fingerprint density at radius 1 is 0.960 bits per heavy atom. The van der Waals surface area contributed by atoms with E-state index in [2.05, 4.69) is 68.0 Å². The van der Waals surface area contributed by atoms with Crippen LogP contribution in [0.1, 0.15) is 89.7 Å². The molecule has 3 aliphatic carbocycles. The van der Waals surface area contributed by atoms with Gasteiger partial charge >= 0.3 is 0 Å². The molecule has 0 unspecified atom stereocenters. The summed E-state index contributed by atoms with van der Waals surface area (Å²) in [5, 5.41) is 7.19. The standard InChI is InChI=1S/C40H52N8O2/c1-24(2)47-23-42-33-20-32(44-37(36(33)47)43-28-7-8-28)25-6-9-31-34(17-25)48(30-18-29(19-30)45-12-4-3-5-13-45)39(50)40(31)10-14-46(15-11-40)38(49)35-26-16-27(35)22-41-21-26/h6,9,17,20,23-24,26-30,35,41H,3-5,7-8,10-16,18-19,21-22H2,1-2H3,(H,43,44)/t26-,27+,29-,30+,35+. The van der Waals surface area contributed by atoms with Gasteiger partial charge in [-0.05, 0) is 127 Å². The molecule has 6 heterocycles. The molecule has 7 aliphatic rings. The Hall–Kier alpha value is -3.50. The lowest BCUT2D eigenvalue weighted by Crippen LogP contribution is -2.61. The van der Waals surface area contributed by atoms with Crippen molar-refractivity contribution in [3.63, 3.8) is 0 Å². The molecule has 6 fully saturated rings. The third-order valence-corrected chi connectivity index (χ3v) is 13.7. The van der Waals surface area contributed by atoms with Gasteiger partial charge in [0.1, 0.15) is 5.52 Å². The highest BCUT2D eigenvalue weighted by Crippen LogP contribution is 2.53. The van der Waals surface area contributed by atoms with Gasteiger partial charge in [-0.3, -0.25) is 9.59 Å². The van der Waals surface area contributed by atoms with Gasteiger partial charge in [-0.1, -0.05) is 18.6 Å². The Morgan fingerprint density at radius 3 is 2.42 bits per heavy atom. The van der Waals surface area contributed by atoms with Crippen LogP contribution in [0.5, 0.6) is 0 Å². The van der Waals surface area contributed by atoms with E-state index in [-0.39, 0.29) is 23.9 Å². The minimum Gasteiger partial charge on any atom is -0.366 e. The first-order valence-electron chi connectivity index (χ1n) is 19.7. The number of aromatic nitrogens is 3. The lowest BCUT2D eigenvalue weighted by atomic mass is 9.61. The predicted molar refractivity (Wildman–Crippen MR) is 195 cm³/mol. The Labute approximate surface area is 295 Å². The molecular formula is C40H52N8O2. The second kappa shape index (κ2) is 11.8. The highest BCUT2D eigenvalue weighted by Gasteiger charge is 2.57. The molecule has 264 valence electrons. The molecule has 4 aliphatic heterocycles. The van der Waals surface area contributed by atoms with Crippen LogP contribution in [-0.2, 0) is 15.0 Å². The molecule has 2 N–H and O–H groups in total. The highest BCUT2D eigenvalue weighted by molar-refractivity contribution is 6.09. The second-order valence-electron chi connectivity index (χ2n) is 17.0. The molecular weight excluding hydrogens is 624 g/mol. The van der Waals surface area contributed by atoms with Crippen LogP contribution in [0.3, 0.4) is 0 Å². The number of likely N-dealkylation sites (tertiary alicyclic amines) is 2. The summed E-state index contributed by atoms with van der Waals surface area (Å²) in [6, 6.07) is 10.3. The number of hydrogen-bond donors (Lipinski definition) is 2. The first kappa shape index (κ1) is 31.3. The van der Waals surface area contributed by atoms with Gasteiger partial charge in [0, 0.05) is 54.4 Å². The van der Waals surface area contributed by atoms with Crippen LogP contribution in [0.2, 0.25) is 0 Å². The summed E-state index contributed by atoms with van der Waals surface area (Å²) in [7, 11) is 0. The highest BCUT2D eigenvalue weighted by atomic mass is 16.2. The Balaban J connectivity index is 0.982.